The number of aromatic hydroxyl groups is 2. The van der Waals surface area contributed by atoms with Crippen LogP contribution in [0.5, 0.6) is 11.5 Å². The van der Waals surface area contributed by atoms with Crippen LogP contribution in [-0.2, 0) is 22.5 Å². The van der Waals surface area contributed by atoms with E-state index in [2.05, 4.69) is 15.1 Å². The quantitative estimate of drug-likeness (QED) is 0.704. The molecule has 3 N–H and O–H groups in total. The molecule has 8 heteroatoms. The van der Waals surface area contributed by atoms with Crippen molar-refractivity contribution in [3.63, 3.8) is 0 Å². The van der Waals surface area contributed by atoms with Crippen molar-refractivity contribution in [3.05, 3.63) is 28.4 Å². The lowest BCUT2D eigenvalue weighted by molar-refractivity contribution is -0.143. The third-order valence-electron chi connectivity index (χ3n) is 4.27. The van der Waals surface area contributed by atoms with Gasteiger partial charge in [-0.3, -0.25) is 14.8 Å². The standard InChI is InChI=1S/C17H20ClN3O4/c1-2-25-16(24)4-6-21-5-3-13-11(9-21)17(20-19-13)10-7-12(18)15(23)8-14(10)22/h7-8,22-23H,2-6,9H2,1H3,(H,19,20). The number of hydrogen-bond donors (Lipinski definition) is 3. The average molecular weight is 366 g/mol. The second kappa shape index (κ2) is 7.33. The molecule has 2 aromatic rings. The van der Waals surface area contributed by atoms with E-state index in [0.29, 0.717) is 37.4 Å². The van der Waals surface area contributed by atoms with Crippen molar-refractivity contribution in [2.45, 2.75) is 26.3 Å². The SMILES string of the molecule is CCOC(=O)CCN1CCc2n[nH]c(-c3cc(Cl)c(O)cc3O)c2C1. The van der Waals surface area contributed by atoms with E-state index in [4.69, 9.17) is 16.3 Å². The maximum atomic E-state index is 11.5. The van der Waals surface area contributed by atoms with Crippen molar-refractivity contribution in [2.24, 2.45) is 0 Å². The van der Waals surface area contributed by atoms with E-state index < -0.39 is 0 Å². The zero-order valence-electron chi connectivity index (χ0n) is 13.9. The summed E-state index contributed by atoms with van der Waals surface area (Å²) in [5, 5.41) is 27.2. The lowest BCUT2D eigenvalue weighted by Crippen LogP contribution is -2.32. The van der Waals surface area contributed by atoms with Crippen LogP contribution in [0.25, 0.3) is 11.3 Å². The number of halogens is 1. The van der Waals surface area contributed by atoms with Gasteiger partial charge in [0, 0.05) is 43.2 Å². The second-order valence-electron chi connectivity index (χ2n) is 5.93. The van der Waals surface area contributed by atoms with Crippen LogP contribution in [-0.4, -0.2) is 51.0 Å². The number of nitrogens with zero attached hydrogens (tertiary/aromatic N) is 2. The van der Waals surface area contributed by atoms with Crippen molar-refractivity contribution < 1.29 is 19.7 Å². The smallest absolute Gasteiger partial charge is 0.307 e. The van der Waals surface area contributed by atoms with Crippen LogP contribution in [0, 0.1) is 0 Å². The third kappa shape index (κ3) is 3.72. The number of carbonyl (C=O) groups is 1. The van der Waals surface area contributed by atoms with Gasteiger partial charge in [0.05, 0.1) is 29.4 Å². The van der Waals surface area contributed by atoms with Crippen LogP contribution in [0.2, 0.25) is 5.02 Å². The summed E-state index contributed by atoms with van der Waals surface area (Å²) < 4.78 is 4.97. The van der Waals surface area contributed by atoms with Gasteiger partial charge >= 0.3 is 5.97 Å². The first-order valence-corrected chi connectivity index (χ1v) is 8.53. The minimum Gasteiger partial charge on any atom is -0.507 e. The molecule has 1 aliphatic heterocycles. The van der Waals surface area contributed by atoms with Crippen LogP contribution in [0.3, 0.4) is 0 Å². The van der Waals surface area contributed by atoms with Gasteiger partial charge in [-0.25, -0.2) is 0 Å². The van der Waals surface area contributed by atoms with Gasteiger partial charge in [0.15, 0.2) is 0 Å². The lowest BCUT2D eigenvalue weighted by atomic mass is 10.00. The number of rotatable bonds is 5. The van der Waals surface area contributed by atoms with Crippen LogP contribution in [0.1, 0.15) is 24.6 Å². The Kier molecular flexibility index (Phi) is 5.15. The molecule has 0 atom stereocenters. The van der Waals surface area contributed by atoms with Gasteiger partial charge in [-0.1, -0.05) is 11.6 Å². The largest absolute Gasteiger partial charge is 0.507 e. The summed E-state index contributed by atoms with van der Waals surface area (Å²) in [4.78, 5) is 13.7. The Morgan fingerprint density at radius 3 is 2.96 bits per heavy atom. The molecular weight excluding hydrogens is 346 g/mol. The molecule has 0 fully saturated rings. The predicted molar refractivity (Wildman–Crippen MR) is 92.6 cm³/mol. The molecule has 1 aliphatic rings. The molecule has 0 saturated heterocycles. The molecular formula is C17H20ClN3O4. The molecule has 134 valence electrons. The molecule has 0 spiro atoms. The van der Waals surface area contributed by atoms with E-state index in [1.54, 1.807) is 6.92 Å². The Hall–Kier alpha value is -2.25. The molecule has 0 unspecified atom stereocenters. The van der Waals surface area contributed by atoms with Gasteiger partial charge in [-0.2, -0.15) is 5.10 Å². The summed E-state index contributed by atoms with van der Waals surface area (Å²) in [6.07, 6.45) is 1.09. The summed E-state index contributed by atoms with van der Waals surface area (Å²) in [6.45, 7) is 4.19. The first kappa shape index (κ1) is 17.6. The number of H-pyrrole nitrogens is 1. The summed E-state index contributed by atoms with van der Waals surface area (Å²) in [5.74, 6) is -0.451. The van der Waals surface area contributed by atoms with Crippen molar-refractivity contribution in [3.8, 4) is 22.8 Å². The zero-order valence-corrected chi connectivity index (χ0v) is 14.6. The number of benzene rings is 1. The minimum absolute atomic E-state index is 0.0722. The summed E-state index contributed by atoms with van der Waals surface area (Å²) in [7, 11) is 0. The number of esters is 1. The fourth-order valence-electron chi connectivity index (χ4n) is 2.99. The Morgan fingerprint density at radius 2 is 2.20 bits per heavy atom. The fourth-order valence-corrected chi connectivity index (χ4v) is 3.16. The Morgan fingerprint density at radius 1 is 1.40 bits per heavy atom. The first-order chi connectivity index (χ1) is 12.0. The van der Waals surface area contributed by atoms with Crippen molar-refractivity contribution in [1.29, 1.82) is 0 Å². The highest BCUT2D eigenvalue weighted by Crippen LogP contribution is 2.39. The number of aromatic nitrogens is 2. The highest BCUT2D eigenvalue weighted by Gasteiger charge is 2.25. The summed E-state index contributed by atoms with van der Waals surface area (Å²) >= 11 is 5.97. The molecule has 25 heavy (non-hydrogen) atoms. The summed E-state index contributed by atoms with van der Waals surface area (Å²) in [6, 6.07) is 2.73. The number of carbonyl (C=O) groups excluding carboxylic acids is 1. The Balaban J connectivity index is 1.80. The number of nitrogens with one attached hydrogen (secondary N) is 1. The lowest BCUT2D eigenvalue weighted by Gasteiger charge is -2.26. The van der Waals surface area contributed by atoms with E-state index >= 15 is 0 Å². The van der Waals surface area contributed by atoms with E-state index in [9.17, 15) is 15.0 Å². The van der Waals surface area contributed by atoms with Crippen LogP contribution >= 0.6 is 11.6 Å². The Labute approximate surface area is 150 Å². The molecule has 0 bridgehead atoms. The van der Waals surface area contributed by atoms with Crippen molar-refractivity contribution >= 4 is 17.6 Å². The maximum absolute atomic E-state index is 11.5. The monoisotopic (exact) mass is 365 g/mol. The molecule has 3 rings (SSSR count). The molecule has 0 aliphatic carbocycles. The van der Waals surface area contributed by atoms with Crippen molar-refractivity contribution in [1.82, 2.24) is 15.1 Å². The normalized spacial score (nSPS) is 14.3. The van der Waals surface area contributed by atoms with Crippen LogP contribution in [0.4, 0.5) is 0 Å². The van der Waals surface area contributed by atoms with E-state index in [0.717, 1.165) is 24.2 Å². The van der Waals surface area contributed by atoms with Crippen LogP contribution < -0.4 is 0 Å². The van der Waals surface area contributed by atoms with Crippen LogP contribution in [0.15, 0.2) is 12.1 Å². The molecule has 0 saturated carbocycles. The number of hydrogen-bond acceptors (Lipinski definition) is 6. The van der Waals surface area contributed by atoms with Gasteiger partial charge in [0.2, 0.25) is 0 Å². The molecule has 2 heterocycles. The highest BCUT2D eigenvalue weighted by molar-refractivity contribution is 6.32. The summed E-state index contributed by atoms with van der Waals surface area (Å²) in [5.41, 5.74) is 3.07. The number of phenolic OH excluding ortho intramolecular Hbond substituents is 2. The van der Waals surface area contributed by atoms with E-state index in [1.807, 2.05) is 0 Å². The Bertz CT molecular complexity index is 790. The topological polar surface area (TPSA) is 98.7 Å². The molecule has 1 aromatic carbocycles. The minimum atomic E-state index is -0.205. The number of ether oxygens (including phenoxy) is 1. The number of aromatic amines is 1. The average Bonchev–Trinajstić information content (AvgIpc) is 2.99. The third-order valence-corrected chi connectivity index (χ3v) is 4.57. The van der Waals surface area contributed by atoms with Crippen molar-refractivity contribution in [2.75, 3.05) is 19.7 Å². The molecule has 7 nitrogen and oxygen atoms in total. The number of fused-ring (bicyclic) bond motifs is 1. The first-order valence-electron chi connectivity index (χ1n) is 8.15. The maximum Gasteiger partial charge on any atom is 0.307 e. The predicted octanol–water partition coefficient (Wildman–Crippen LogP) is 2.45. The second-order valence-corrected chi connectivity index (χ2v) is 6.33. The zero-order chi connectivity index (χ0) is 18.0. The van der Waals surface area contributed by atoms with Gasteiger partial charge in [0.1, 0.15) is 11.5 Å². The van der Waals surface area contributed by atoms with Gasteiger partial charge in [0.25, 0.3) is 0 Å². The van der Waals surface area contributed by atoms with Gasteiger partial charge in [-0.15, -0.1) is 0 Å². The molecule has 0 amide bonds. The van der Waals surface area contributed by atoms with Gasteiger partial charge < -0.3 is 14.9 Å². The van der Waals surface area contributed by atoms with E-state index in [-0.39, 0.29) is 22.5 Å². The molecule has 1 aromatic heterocycles. The fraction of sp³-hybridized carbons (Fsp3) is 0.412. The number of phenols is 2. The highest BCUT2D eigenvalue weighted by atomic mass is 35.5. The molecule has 0 radical (unpaired) electrons. The van der Waals surface area contributed by atoms with E-state index in [1.165, 1.54) is 12.1 Å². The van der Waals surface area contributed by atoms with Gasteiger partial charge in [-0.05, 0) is 13.0 Å².